The number of aromatic nitrogens is 1. The normalized spacial score (nSPS) is 19.2. The van der Waals surface area contributed by atoms with E-state index in [9.17, 15) is 13.2 Å². The van der Waals surface area contributed by atoms with Crippen LogP contribution in [0.2, 0.25) is 0 Å². The van der Waals surface area contributed by atoms with E-state index in [0.29, 0.717) is 19.5 Å². The Morgan fingerprint density at radius 3 is 2.73 bits per heavy atom. The maximum atomic E-state index is 12.3. The molecule has 2 heterocycles. The van der Waals surface area contributed by atoms with E-state index in [1.165, 1.54) is 12.3 Å². The van der Waals surface area contributed by atoms with Crippen LogP contribution in [0.1, 0.15) is 27.2 Å². The zero-order valence-corrected chi connectivity index (χ0v) is 14.0. The molecule has 0 unspecified atom stereocenters. The number of hydrogen-bond donors (Lipinski definition) is 0. The van der Waals surface area contributed by atoms with Crippen LogP contribution >= 0.6 is 0 Å². The highest BCUT2D eigenvalue weighted by Gasteiger charge is 2.33. The fourth-order valence-corrected chi connectivity index (χ4v) is 3.96. The molecule has 1 amide bonds. The number of likely N-dealkylation sites (tertiary alicyclic amines) is 1. The largest absolute Gasteiger partial charge is 0.444 e. The predicted octanol–water partition coefficient (Wildman–Crippen LogP) is 2.11. The van der Waals surface area contributed by atoms with Crippen molar-refractivity contribution in [2.45, 2.75) is 37.8 Å². The molecule has 0 spiro atoms. The van der Waals surface area contributed by atoms with Crippen molar-refractivity contribution in [1.82, 2.24) is 9.88 Å². The minimum Gasteiger partial charge on any atom is -0.444 e. The Morgan fingerprint density at radius 1 is 1.41 bits per heavy atom. The Balaban J connectivity index is 1.95. The molecule has 7 heteroatoms. The maximum Gasteiger partial charge on any atom is 0.410 e. The molecule has 1 aromatic heterocycles. The highest BCUT2D eigenvalue weighted by molar-refractivity contribution is 7.91. The quantitative estimate of drug-likeness (QED) is 0.850. The van der Waals surface area contributed by atoms with Crippen LogP contribution in [0.3, 0.4) is 0 Å². The summed E-state index contributed by atoms with van der Waals surface area (Å²) in [7, 11) is -3.42. The lowest BCUT2D eigenvalue weighted by Crippen LogP contribution is -2.35. The second kappa shape index (κ2) is 6.24. The van der Waals surface area contributed by atoms with Gasteiger partial charge in [-0.1, -0.05) is 6.07 Å². The Bertz CT molecular complexity index is 623. The lowest BCUT2D eigenvalue weighted by Gasteiger charge is -2.24. The summed E-state index contributed by atoms with van der Waals surface area (Å²) in [6, 6.07) is 4.83. The van der Waals surface area contributed by atoms with Gasteiger partial charge in [0.1, 0.15) is 5.60 Å². The van der Waals surface area contributed by atoms with E-state index < -0.39 is 15.4 Å². The highest BCUT2D eigenvalue weighted by Crippen LogP contribution is 2.22. The first kappa shape index (κ1) is 16.7. The lowest BCUT2D eigenvalue weighted by molar-refractivity contribution is 0.0289. The summed E-state index contributed by atoms with van der Waals surface area (Å²) >= 11 is 0. The number of sulfone groups is 1. The van der Waals surface area contributed by atoms with Gasteiger partial charge in [0.2, 0.25) is 0 Å². The van der Waals surface area contributed by atoms with Crippen molar-refractivity contribution < 1.29 is 17.9 Å². The van der Waals surface area contributed by atoms with Crippen molar-refractivity contribution in [2.24, 2.45) is 5.92 Å². The molecule has 1 aliphatic heterocycles. The lowest BCUT2D eigenvalue weighted by atomic mass is 10.2. The molecule has 0 N–H and O–H groups in total. The molecule has 0 saturated carbocycles. The summed E-state index contributed by atoms with van der Waals surface area (Å²) in [4.78, 5) is 17.5. The van der Waals surface area contributed by atoms with Gasteiger partial charge in [0, 0.05) is 19.3 Å². The number of carbonyl (C=O) groups is 1. The third kappa shape index (κ3) is 4.43. The third-order valence-corrected chi connectivity index (χ3v) is 5.14. The molecule has 1 fully saturated rings. The number of pyridine rings is 1. The molecule has 1 aliphatic rings. The van der Waals surface area contributed by atoms with E-state index in [1.807, 2.05) is 20.8 Å². The van der Waals surface area contributed by atoms with E-state index >= 15 is 0 Å². The zero-order chi connectivity index (χ0) is 16.4. The fraction of sp³-hybridized carbons (Fsp3) is 0.600. The first-order valence-corrected chi connectivity index (χ1v) is 8.94. The number of nitrogens with zero attached hydrogens (tertiary/aromatic N) is 2. The van der Waals surface area contributed by atoms with Crippen LogP contribution in [0.4, 0.5) is 4.79 Å². The Hall–Kier alpha value is -1.63. The molecule has 1 aromatic rings. The topological polar surface area (TPSA) is 76.6 Å². The molecule has 0 bridgehead atoms. The van der Waals surface area contributed by atoms with E-state index in [2.05, 4.69) is 4.98 Å². The SMILES string of the molecule is CC(C)(C)OC(=O)N1CC[C@H](CS(=O)(=O)c2ccccn2)C1. The molecule has 122 valence electrons. The monoisotopic (exact) mass is 326 g/mol. The molecular formula is C15H22N2O4S. The third-order valence-electron chi connectivity index (χ3n) is 3.35. The number of rotatable bonds is 3. The van der Waals surface area contributed by atoms with Crippen molar-refractivity contribution in [3.63, 3.8) is 0 Å². The Labute approximate surface area is 131 Å². The molecule has 1 atom stereocenters. The van der Waals surface area contributed by atoms with Gasteiger partial charge >= 0.3 is 6.09 Å². The minimum absolute atomic E-state index is 0.00328. The van der Waals surface area contributed by atoms with E-state index in [-0.39, 0.29) is 22.8 Å². The average molecular weight is 326 g/mol. The second-order valence-corrected chi connectivity index (χ2v) is 8.51. The van der Waals surface area contributed by atoms with Crippen molar-refractivity contribution >= 4 is 15.9 Å². The summed E-state index contributed by atoms with van der Waals surface area (Å²) in [6.45, 7) is 6.36. The summed E-state index contributed by atoms with van der Waals surface area (Å²) in [5.41, 5.74) is -0.546. The van der Waals surface area contributed by atoms with Crippen molar-refractivity contribution in [2.75, 3.05) is 18.8 Å². The second-order valence-electron chi connectivity index (χ2n) is 6.53. The first-order chi connectivity index (χ1) is 10.2. The molecule has 2 rings (SSSR count). The Kier molecular flexibility index (Phi) is 4.75. The van der Waals surface area contributed by atoms with Crippen LogP contribution in [-0.4, -0.2) is 48.8 Å². The standard InChI is InChI=1S/C15H22N2O4S/c1-15(2,3)21-14(18)17-9-7-12(10-17)11-22(19,20)13-6-4-5-8-16-13/h4-6,8,12H,7,9-11H2,1-3H3/t12-/m0/s1. The zero-order valence-electron chi connectivity index (χ0n) is 13.2. The van der Waals surface area contributed by atoms with E-state index in [0.717, 1.165) is 0 Å². The molecular weight excluding hydrogens is 304 g/mol. The van der Waals surface area contributed by atoms with Gasteiger partial charge in [0.05, 0.1) is 5.75 Å². The molecule has 6 nitrogen and oxygen atoms in total. The van der Waals surface area contributed by atoms with Crippen LogP contribution in [0.25, 0.3) is 0 Å². The first-order valence-electron chi connectivity index (χ1n) is 7.29. The fourth-order valence-electron chi connectivity index (χ4n) is 2.39. The smallest absolute Gasteiger partial charge is 0.410 e. The van der Waals surface area contributed by atoms with Crippen LogP contribution in [0.15, 0.2) is 29.4 Å². The van der Waals surface area contributed by atoms with E-state index in [1.54, 1.807) is 17.0 Å². The Morgan fingerprint density at radius 2 is 2.14 bits per heavy atom. The van der Waals surface area contributed by atoms with Gasteiger partial charge in [-0.05, 0) is 45.2 Å². The van der Waals surface area contributed by atoms with Crippen LogP contribution in [-0.2, 0) is 14.6 Å². The van der Waals surface area contributed by atoms with Gasteiger partial charge < -0.3 is 9.64 Å². The van der Waals surface area contributed by atoms with Gasteiger partial charge in [-0.25, -0.2) is 18.2 Å². The number of hydrogen-bond acceptors (Lipinski definition) is 5. The van der Waals surface area contributed by atoms with E-state index in [4.69, 9.17) is 4.74 Å². The molecule has 1 saturated heterocycles. The van der Waals surface area contributed by atoms with Crippen LogP contribution < -0.4 is 0 Å². The van der Waals surface area contributed by atoms with Crippen LogP contribution in [0, 0.1) is 5.92 Å². The van der Waals surface area contributed by atoms with Crippen molar-refractivity contribution in [1.29, 1.82) is 0 Å². The van der Waals surface area contributed by atoms with Crippen LogP contribution in [0.5, 0.6) is 0 Å². The highest BCUT2D eigenvalue weighted by atomic mass is 32.2. The molecule has 0 aromatic carbocycles. The molecule has 0 aliphatic carbocycles. The number of ether oxygens (including phenoxy) is 1. The van der Waals surface area contributed by atoms with Gasteiger partial charge in [0.25, 0.3) is 0 Å². The maximum absolute atomic E-state index is 12.3. The summed E-state index contributed by atoms with van der Waals surface area (Å²) in [5, 5.41) is 0.0886. The summed E-state index contributed by atoms with van der Waals surface area (Å²) < 4.78 is 29.9. The number of amides is 1. The minimum atomic E-state index is -3.42. The van der Waals surface area contributed by atoms with Gasteiger partial charge in [-0.15, -0.1) is 0 Å². The summed E-state index contributed by atoms with van der Waals surface area (Å²) in [5.74, 6) is -0.0805. The molecule has 0 radical (unpaired) electrons. The summed E-state index contributed by atoms with van der Waals surface area (Å²) in [6.07, 6.45) is 1.74. The van der Waals surface area contributed by atoms with Crippen molar-refractivity contribution in [3.05, 3.63) is 24.4 Å². The van der Waals surface area contributed by atoms with Gasteiger partial charge in [-0.2, -0.15) is 0 Å². The predicted molar refractivity (Wildman–Crippen MR) is 82.2 cm³/mol. The molecule has 22 heavy (non-hydrogen) atoms. The average Bonchev–Trinajstić information content (AvgIpc) is 2.86. The van der Waals surface area contributed by atoms with Gasteiger partial charge in [0.15, 0.2) is 14.9 Å². The number of carbonyl (C=O) groups excluding carboxylic acids is 1. The van der Waals surface area contributed by atoms with Crippen molar-refractivity contribution in [3.8, 4) is 0 Å². The van der Waals surface area contributed by atoms with Gasteiger partial charge in [-0.3, -0.25) is 0 Å².